The molecule has 0 atom stereocenters. The summed E-state index contributed by atoms with van der Waals surface area (Å²) >= 11 is 0.720. The molecular formula is C23H20N4O6S2. The van der Waals surface area contributed by atoms with E-state index in [1.807, 2.05) is 6.92 Å². The van der Waals surface area contributed by atoms with Gasteiger partial charge in [-0.3, -0.25) is 10.2 Å². The van der Waals surface area contributed by atoms with Gasteiger partial charge in [0.15, 0.2) is 11.5 Å². The van der Waals surface area contributed by atoms with Gasteiger partial charge in [-0.05, 0) is 49.8 Å². The van der Waals surface area contributed by atoms with Crippen molar-refractivity contribution in [2.75, 3.05) is 12.9 Å². The second-order valence-electron chi connectivity index (χ2n) is 7.57. The smallest absolute Gasteiger partial charge is 0.343 e. The van der Waals surface area contributed by atoms with Crippen molar-refractivity contribution in [1.82, 2.24) is 4.90 Å². The lowest BCUT2D eigenvalue weighted by molar-refractivity contribution is -0.114. The Bertz CT molecular complexity index is 1440. The van der Waals surface area contributed by atoms with Crippen molar-refractivity contribution in [2.45, 2.75) is 13.8 Å². The third-order valence-electron chi connectivity index (χ3n) is 4.89. The van der Waals surface area contributed by atoms with E-state index >= 15 is 0 Å². The highest BCUT2D eigenvalue weighted by atomic mass is 32.2. The third kappa shape index (κ3) is 5.03. The zero-order valence-corrected chi connectivity index (χ0v) is 20.6. The molecule has 35 heavy (non-hydrogen) atoms. The largest absolute Gasteiger partial charge is 0.490 e. The Hall–Kier alpha value is -3.77. The first-order valence-corrected chi connectivity index (χ1v) is 13.0. The first kappa shape index (κ1) is 24.4. The molecule has 0 bridgehead atoms. The molecule has 0 spiro atoms. The molecule has 2 aromatic rings. The molecule has 2 aliphatic rings. The molecule has 1 amide bonds. The number of hydrogen-bond acceptors (Lipinski definition) is 9. The second-order valence-corrected chi connectivity index (χ2v) is 10.2. The average molecular weight is 513 g/mol. The van der Waals surface area contributed by atoms with Crippen molar-refractivity contribution < 1.29 is 27.5 Å². The Kier molecular flexibility index (Phi) is 6.59. The van der Waals surface area contributed by atoms with Gasteiger partial charge in [-0.2, -0.15) is 9.39 Å². The van der Waals surface area contributed by atoms with E-state index < -0.39 is 21.7 Å². The van der Waals surface area contributed by atoms with E-state index in [1.165, 1.54) is 12.1 Å². The van der Waals surface area contributed by atoms with E-state index in [4.69, 9.17) is 14.9 Å². The summed E-state index contributed by atoms with van der Waals surface area (Å²) in [7, 11) is -3.75. The number of carbonyl (C=O) groups is 2. The number of aliphatic imine (C=N–C) groups is 1. The summed E-state index contributed by atoms with van der Waals surface area (Å²) in [5, 5.41) is 8.08. The lowest BCUT2D eigenvalue weighted by Gasteiger charge is -2.23. The van der Waals surface area contributed by atoms with Crippen molar-refractivity contribution in [3.8, 4) is 11.5 Å². The number of benzene rings is 2. The zero-order valence-electron chi connectivity index (χ0n) is 18.9. The van der Waals surface area contributed by atoms with E-state index in [0.717, 1.165) is 28.7 Å². The number of ether oxygens (including phenoxy) is 2. The highest BCUT2D eigenvalue weighted by Gasteiger charge is 2.41. The van der Waals surface area contributed by atoms with E-state index in [9.17, 15) is 18.0 Å². The first-order chi connectivity index (χ1) is 16.6. The van der Waals surface area contributed by atoms with Crippen molar-refractivity contribution >= 4 is 55.9 Å². The van der Waals surface area contributed by atoms with Crippen molar-refractivity contribution in [1.29, 1.82) is 5.41 Å². The number of aryl methyl sites for hydroxylation is 1. The quantitative estimate of drug-likeness (QED) is 0.279. The van der Waals surface area contributed by atoms with E-state index in [-0.39, 0.29) is 39.8 Å². The predicted octanol–water partition coefficient (Wildman–Crippen LogP) is 3.23. The molecule has 2 aromatic carbocycles. The van der Waals surface area contributed by atoms with Crippen LogP contribution in [0.5, 0.6) is 11.5 Å². The van der Waals surface area contributed by atoms with Gasteiger partial charge in [-0.25, -0.2) is 18.1 Å². The van der Waals surface area contributed by atoms with Crippen LogP contribution in [0, 0.1) is 12.3 Å². The van der Waals surface area contributed by atoms with Gasteiger partial charge in [0.2, 0.25) is 20.2 Å². The number of esters is 1. The molecule has 2 heterocycles. The third-order valence-corrected chi connectivity index (χ3v) is 6.65. The molecular weight excluding hydrogens is 492 g/mol. The fourth-order valence-electron chi connectivity index (χ4n) is 3.22. The van der Waals surface area contributed by atoms with Crippen LogP contribution in [0.2, 0.25) is 0 Å². The van der Waals surface area contributed by atoms with Crippen LogP contribution in [0.3, 0.4) is 0 Å². The van der Waals surface area contributed by atoms with Crippen LogP contribution in [0.1, 0.15) is 28.4 Å². The van der Waals surface area contributed by atoms with Crippen LogP contribution in [0.15, 0.2) is 57.4 Å². The average Bonchev–Trinajstić information content (AvgIpc) is 3.23. The van der Waals surface area contributed by atoms with Gasteiger partial charge in [0, 0.05) is 6.26 Å². The Morgan fingerprint density at radius 2 is 1.89 bits per heavy atom. The number of rotatable bonds is 5. The standard InChI is InChI=1S/C23H20N4O6S2/c1-4-32-18-12-14(7-10-17(18)33-21(29)15-8-5-13(2)6-9-15)11-16-19(24)27-22(25-20(16)28)34-26-23(27)35(3,30)31/h5-12,24H,4H2,1-3H3. The predicted molar refractivity (Wildman–Crippen MR) is 134 cm³/mol. The van der Waals surface area contributed by atoms with E-state index in [0.29, 0.717) is 11.1 Å². The molecule has 0 unspecified atom stereocenters. The number of amidine groups is 3. The molecule has 1 N–H and O–H groups in total. The van der Waals surface area contributed by atoms with Gasteiger partial charge in [0.1, 0.15) is 5.84 Å². The molecule has 0 saturated carbocycles. The molecule has 0 aliphatic carbocycles. The van der Waals surface area contributed by atoms with Gasteiger partial charge in [-0.15, -0.1) is 0 Å². The lowest BCUT2D eigenvalue weighted by Crippen LogP contribution is -2.45. The fraction of sp³-hybridized carbons (Fsp3) is 0.174. The van der Waals surface area contributed by atoms with Crippen molar-refractivity contribution in [2.24, 2.45) is 9.39 Å². The van der Waals surface area contributed by atoms with Gasteiger partial charge >= 0.3 is 5.97 Å². The van der Waals surface area contributed by atoms with Gasteiger partial charge in [0.05, 0.1) is 29.7 Å². The molecule has 0 radical (unpaired) electrons. The second kappa shape index (κ2) is 9.47. The minimum atomic E-state index is -3.75. The van der Waals surface area contributed by atoms with Crippen molar-refractivity contribution in [3.63, 3.8) is 0 Å². The molecule has 10 nitrogen and oxygen atoms in total. The van der Waals surface area contributed by atoms with Crippen LogP contribution in [-0.2, 0) is 14.6 Å². The van der Waals surface area contributed by atoms with E-state index in [1.54, 1.807) is 43.3 Å². The van der Waals surface area contributed by atoms with Crippen LogP contribution < -0.4 is 9.47 Å². The number of hydrogen-bond donors (Lipinski definition) is 1. The van der Waals surface area contributed by atoms with Gasteiger partial charge < -0.3 is 9.47 Å². The minimum Gasteiger partial charge on any atom is -0.490 e. The number of sulfone groups is 1. The number of fused-ring (bicyclic) bond motifs is 1. The molecule has 0 fully saturated rings. The summed E-state index contributed by atoms with van der Waals surface area (Å²) in [6.45, 7) is 3.97. The summed E-state index contributed by atoms with van der Waals surface area (Å²) in [6.07, 6.45) is 2.36. The summed E-state index contributed by atoms with van der Waals surface area (Å²) in [5.74, 6) is -1.17. The summed E-state index contributed by atoms with van der Waals surface area (Å²) < 4.78 is 39.1. The van der Waals surface area contributed by atoms with Crippen LogP contribution in [-0.4, -0.2) is 54.2 Å². The maximum Gasteiger partial charge on any atom is 0.343 e. The maximum absolute atomic E-state index is 12.6. The normalized spacial score (nSPS) is 16.7. The zero-order chi connectivity index (χ0) is 25.3. The SMILES string of the molecule is CCOc1cc(C=C2C(=N)N3C(=NC2=O)SN=C3S(C)(=O)=O)ccc1OC(=O)c1ccc(C)cc1. The Morgan fingerprint density at radius 3 is 2.54 bits per heavy atom. The molecule has 2 aliphatic heterocycles. The Morgan fingerprint density at radius 1 is 1.17 bits per heavy atom. The van der Waals surface area contributed by atoms with Crippen molar-refractivity contribution in [3.05, 3.63) is 64.7 Å². The number of nitrogens with one attached hydrogen (secondary N) is 1. The van der Waals surface area contributed by atoms with Crippen LogP contribution in [0.25, 0.3) is 6.08 Å². The number of carbonyl (C=O) groups excluding carboxylic acids is 2. The highest BCUT2D eigenvalue weighted by molar-refractivity contribution is 8.16. The number of nitrogens with zero attached hydrogens (tertiary/aromatic N) is 3. The topological polar surface area (TPSA) is 139 Å². The molecule has 4 rings (SSSR count). The Labute approximate surface area is 205 Å². The monoisotopic (exact) mass is 512 g/mol. The van der Waals surface area contributed by atoms with Gasteiger partial charge in [-0.1, -0.05) is 23.8 Å². The minimum absolute atomic E-state index is 0.00551. The summed E-state index contributed by atoms with van der Waals surface area (Å²) in [6, 6.07) is 11.6. The maximum atomic E-state index is 12.6. The summed E-state index contributed by atoms with van der Waals surface area (Å²) in [5.41, 5.74) is 1.72. The van der Waals surface area contributed by atoms with Crippen LogP contribution >= 0.6 is 11.9 Å². The fourth-order valence-corrected chi connectivity index (χ4v) is 5.06. The molecule has 180 valence electrons. The molecule has 12 heteroatoms. The first-order valence-electron chi connectivity index (χ1n) is 10.3. The lowest BCUT2D eigenvalue weighted by atomic mass is 10.1. The highest BCUT2D eigenvalue weighted by Crippen LogP contribution is 2.33. The molecule has 0 saturated heterocycles. The Balaban J connectivity index is 1.64. The number of amides is 1. The van der Waals surface area contributed by atoms with Gasteiger partial charge in [0.25, 0.3) is 5.91 Å². The summed E-state index contributed by atoms with van der Waals surface area (Å²) in [4.78, 5) is 30.0. The molecule has 0 aromatic heterocycles. The van der Waals surface area contributed by atoms with E-state index in [2.05, 4.69) is 9.39 Å². The van der Waals surface area contributed by atoms with Crippen LogP contribution in [0.4, 0.5) is 0 Å².